The number of alkyl halides is 3. The van der Waals surface area contributed by atoms with Gasteiger partial charge >= 0.3 is 18.2 Å². The fourth-order valence-corrected chi connectivity index (χ4v) is 3.62. The van der Waals surface area contributed by atoms with Crippen LogP contribution in [0.2, 0.25) is 5.02 Å². The molecule has 0 aliphatic heterocycles. The van der Waals surface area contributed by atoms with Crippen molar-refractivity contribution in [2.24, 2.45) is 0 Å². The number of aromatic nitrogens is 1. The lowest BCUT2D eigenvalue weighted by molar-refractivity contribution is -0.137. The number of hydrogen-bond donors (Lipinski definition) is 2. The van der Waals surface area contributed by atoms with E-state index in [2.05, 4.69) is 20.4 Å². The van der Waals surface area contributed by atoms with Crippen LogP contribution in [0, 0.1) is 0 Å². The van der Waals surface area contributed by atoms with E-state index < -0.39 is 28.8 Å². The maximum absolute atomic E-state index is 12.9. The molecule has 0 atom stereocenters. The van der Waals surface area contributed by atoms with Gasteiger partial charge in [0.25, 0.3) is 0 Å². The molecule has 0 saturated heterocycles. The number of nitrogens with zero attached hydrogens (tertiary/aromatic N) is 1. The molecule has 1 aromatic heterocycles. The van der Waals surface area contributed by atoms with Gasteiger partial charge in [0, 0.05) is 27.4 Å². The SMILES string of the molecule is COC(=O)c1cc(Sc2ccc(NC(=O)Nc3ccc(Cl)c(C(F)(F)F)c3)cc2)ccn1. The van der Waals surface area contributed by atoms with Crippen LogP contribution >= 0.6 is 23.4 Å². The molecule has 0 aliphatic carbocycles. The van der Waals surface area contributed by atoms with Gasteiger partial charge in [0.2, 0.25) is 0 Å². The van der Waals surface area contributed by atoms with Crippen LogP contribution in [-0.4, -0.2) is 24.1 Å². The zero-order chi connectivity index (χ0) is 23.3. The predicted octanol–water partition coefficient (Wildman–Crippen LogP) is 6.34. The first-order valence-electron chi connectivity index (χ1n) is 8.93. The molecule has 0 spiro atoms. The van der Waals surface area contributed by atoms with Crippen LogP contribution < -0.4 is 10.6 Å². The summed E-state index contributed by atoms with van der Waals surface area (Å²) in [6.45, 7) is 0. The molecule has 11 heteroatoms. The van der Waals surface area contributed by atoms with Crippen LogP contribution in [0.15, 0.2) is 70.6 Å². The average molecular weight is 482 g/mol. The molecule has 3 aromatic rings. The van der Waals surface area contributed by atoms with Gasteiger partial charge in [0.1, 0.15) is 5.69 Å². The van der Waals surface area contributed by atoms with Crippen molar-refractivity contribution < 1.29 is 27.5 Å². The number of ether oxygens (including phenoxy) is 1. The van der Waals surface area contributed by atoms with E-state index in [1.54, 1.807) is 36.4 Å². The molecule has 3 rings (SSSR count). The second-order valence-corrected chi connectivity index (χ2v) is 7.82. The number of anilines is 2. The number of carbonyl (C=O) groups excluding carboxylic acids is 2. The zero-order valence-corrected chi connectivity index (χ0v) is 17.9. The summed E-state index contributed by atoms with van der Waals surface area (Å²) in [6, 6.07) is 12.5. The second kappa shape index (κ2) is 9.92. The number of benzene rings is 2. The third kappa shape index (κ3) is 6.14. The Labute approximate surface area is 190 Å². The number of esters is 1. The van der Waals surface area contributed by atoms with Crippen molar-refractivity contribution in [1.82, 2.24) is 4.98 Å². The molecule has 0 unspecified atom stereocenters. The van der Waals surface area contributed by atoms with Crippen LogP contribution in [0.3, 0.4) is 0 Å². The highest BCUT2D eigenvalue weighted by Gasteiger charge is 2.33. The standard InChI is InChI=1S/C21H15ClF3N3O3S/c1-31-19(29)18-11-15(8-9-26-18)32-14-5-2-12(3-6-14)27-20(30)28-13-4-7-17(22)16(10-13)21(23,24)25/h2-11H,1H3,(H2,27,28,30). The number of urea groups is 1. The number of halogens is 4. The molecule has 32 heavy (non-hydrogen) atoms. The van der Waals surface area contributed by atoms with Crippen molar-refractivity contribution >= 4 is 46.7 Å². The van der Waals surface area contributed by atoms with E-state index in [0.29, 0.717) is 5.69 Å². The van der Waals surface area contributed by atoms with Gasteiger partial charge in [0.15, 0.2) is 0 Å². The highest BCUT2D eigenvalue weighted by Crippen LogP contribution is 2.36. The van der Waals surface area contributed by atoms with Gasteiger partial charge in [-0.1, -0.05) is 23.4 Å². The molecule has 2 aromatic carbocycles. The molecule has 2 N–H and O–H groups in total. The van der Waals surface area contributed by atoms with E-state index in [1.165, 1.54) is 31.1 Å². The van der Waals surface area contributed by atoms with Crippen LogP contribution in [0.5, 0.6) is 0 Å². The molecule has 0 saturated carbocycles. The average Bonchev–Trinajstić information content (AvgIpc) is 2.75. The van der Waals surface area contributed by atoms with E-state index in [1.807, 2.05) is 0 Å². The Morgan fingerprint density at radius 1 is 0.969 bits per heavy atom. The number of carbonyl (C=O) groups is 2. The summed E-state index contributed by atoms with van der Waals surface area (Å²) in [5, 5.41) is 4.43. The number of methoxy groups -OCH3 is 1. The molecule has 1 heterocycles. The van der Waals surface area contributed by atoms with Crippen molar-refractivity contribution in [3.05, 3.63) is 77.1 Å². The van der Waals surface area contributed by atoms with E-state index >= 15 is 0 Å². The molecule has 0 bridgehead atoms. The quantitative estimate of drug-likeness (QED) is 0.416. The van der Waals surface area contributed by atoms with Crippen LogP contribution in [-0.2, 0) is 10.9 Å². The Kier molecular flexibility index (Phi) is 7.26. The lowest BCUT2D eigenvalue weighted by Gasteiger charge is -2.12. The Balaban J connectivity index is 1.62. The lowest BCUT2D eigenvalue weighted by atomic mass is 10.2. The van der Waals surface area contributed by atoms with Crippen molar-refractivity contribution in [3.8, 4) is 0 Å². The van der Waals surface area contributed by atoms with Gasteiger partial charge in [0.05, 0.1) is 17.7 Å². The zero-order valence-electron chi connectivity index (χ0n) is 16.4. The third-order valence-electron chi connectivity index (χ3n) is 4.00. The van der Waals surface area contributed by atoms with E-state index in [9.17, 15) is 22.8 Å². The minimum Gasteiger partial charge on any atom is -0.464 e. The summed E-state index contributed by atoms with van der Waals surface area (Å²) in [5.74, 6) is -0.541. The topological polar surface area (TPSA) is 80.3 Å². The molecule has 0 radical (unpaired) electrons. The summed E-state index contributed by atoms with van der Waals surface area (Å²) in [4.78, 5) is 29.3. The molecule has 6 nitrogen and oxygen atoms in total. The van der Waals surface area contributed by atoms with E-state index in [4.69, 9.17) is 11.6 Å². The minimum atomic E-state index is -4.63. The van der Waals surface area contributed by atoms with Crippen molar-refractivity contribution in [2.45, 2.75) is 16.0 Å². The minimum absolute atomic E-state index is 0.0505. The molecule has 166 valence electrons. The first-order valence-corrected chi connectivity index (χ1v) is 10.1. The highest BCUT2D eigenvalue weighted by atomic mass is 35.5. The highest BCUT2D eigenvalue weighted by molar-refractivity contribution is 7.99. The summed E-state index contributed by atoms with van der Waals surface area (Å²) < 4.78 is 43.5. The summed E-state index contributed by atoms with van der Waals surface area (Å²) >= 11 is 6.94. The van der Waals surface area contributed by atoms with Gasteiger partial charge in [-0.05, 0) is 54.6 Å². The van der Waals surface area contributed by atoms with Gasteiger partial charge < -0.3 is 15.4 Å². The molecular weight excluding hydrogens is 467 g/mol. The normalized spacial score (nSPS) is 11.0. The van der Waals surface area contributed by atoms with Crippen molar-refractivity contribution in [3.63, 3.8) is 0 Å². The first kappa shape index (κ1) is 23.4. The maximum atomic E-state index is 12.9. The van der Waals surface area contributed by atoms with Crippen LogP contribution in [0.1, 0.15) is 16.1 Å². The number of rotatable bonds is 5. The largest absolute Gasteiger partial charge is 0.464 e. The summed E-state index contributed by atoms with van der Waals surface area (Å²) in [7, 11) is 1.27. The number of hydrogen-bond acceptors (Lipinski definition) is 5. The smallest absolute Gasteiger partial charge is 0.417 e. The van der Waals surface area contributed by atoms with Crippen molar-refractivity contribution in [2.75, 3.05) is 17.7 Å². The monoisotopic (exact) mass is 481 g/mol. The maximum Gasteiger partial charge on any atom is 0.417 e. The summed E-state index contributed by atoms with van der Waals surface area (Å²) in [6.07, 6.45) is -3.14. The summed E-state index contributed by atoms with van der Waals surface area (Å²) in [5.41, 5.74) is -0.472. The molecule has 0 fully saturated rings. The number of nitrogens with one attached hydrogen (secondary N) is 2. The number of pyridine rings is 1. The molecule has 0 aliphatic rings. The van der Waals surface area contributed by atoms with Crippen LogP contribution in [0.4, 0.5) is 29.3 Å². The van der Waals surface area contributed by atoms with Gasteiger partial charge in [-0.15, -0.1) is 0 Å². The Morgan fingerprint density at radius 3 is 2.28 bits per heavy atom. The Hall–Kier alpha value is -3.24. The van der Waals surface area contributed by atoms with Gasteiger partial charge in [-0.3, -0.25) is 0 Å². The fourth-order valence-electron chi connectivity index (χ4n) is 2.55. The Bertz CT molecular complexity index is 1140. The van der Waals surface area contributed by atoms with E-state index in [-0.39, 0.29) is 11.4 Å². The van der Waals surface area contributed by atoms with Gasteiger partial charge in [-0.2, -0.15) is 13.2 Å². The van der Waals surface area contributed by atoms with Crippen molar-refractivity contribution in [1.29, 1.82) is 0 Å². The Morgan fingerprint density at radius 2 is 1.62 bits per heavy atom. The van der Waals surface area contributed by atoms with Gasteiger partial charge in [-0.25, -0.2) is 14.6 Å². The number of amides is 2. The molecule has 2 amide bonds. The predicted molar refractivity (Wildman–Crippen MR) is 115 cm³/mol. The lowest BCUT2D eigenvalue weighted by Crippen LogP contribution is -2.19. The third-order valence-corrected chi connectivity index (χ3v) is 5.33. The second-order valence-electron chi connectivity index (χ2n) is 6.27. The molecular formula is C21H15ClF3N3O3S. The first-order chi connectivity index (χ1) is 15.2. The van der Waals surface area contributed by atoms with Crippen LogP contribution in [0.25, 0.3) is 0 Å². The van der Waals surface area contributed by atoms with E-state index in [0.717, 1.165) is 21.9 Å². The fraction of sp³-hybridized carbons (Fsp3) is 0.0952.